The van der Waals surface area contributed by atoms with Gasteiger partial charge in [0.05, 0.1) is 12.5 Å². The first-order valence-electron chi connectivity index (χ1n) is 9.26. The van der Waals surface area contributed by atoms with E-state index >= 15 is 0 Å². The molecule has 5 heteroatoms. The van der Waals surface area contributed by atoms with E-state index in [4.69, 9.17) is 9.15 Å². The molecule has 0 unspecified atom stereocenters. The summed E-state index contributed by atoms with van der Waals surface area (Å²) in [6.07, 6.45) is 0. The van der Waals surface area contributed by atoms with Gasteiger partial charge in [0, 0.05) is 43.0 Å². The molecule has 0 bridgehead atoms. The quantitative estimate of drug-likeness (QED) is 0.770. The summed E-state index contributed by atoms with van der Waals surface area (Å²) in [5, 5.41) is 4.06. The molecular formula is C22H24N2O3. The van der Waals surface area contributed by atoms with E-state index in [-0.39, 0.29) is 5.43 Å². The van der Waals surface area contributed by atoms with Gasteiger partial charge >= 0.3 is 0 Å². The predicted octanol–water partition coefficient (Wildman–Crippen LogP) is 3.58. The molecule has 1 aliphatic rings. The van der Waals surface area contributed by atoms with E-state index in [1.165, 1.54) is 0 Å². The lowest BCUT2D eigenvalue weighted by Crippen LogP contribution is -2.49. The van der Waals surface area contributed by atoms with Gasteiger partial charge in [0.2, 0.25) is 0 Å². The molecule has 0 aliphatic carbocycles. The Morgan fingerprint density at radius 3 is 2.78 bits per heavy atom. The molecule has 1 N–H and O–H groups in total. The van der Waals surface area contributed by atoms with E-state index in [2.05, 4.69) is 17.1 Å². The van der Waals surface area contributed by atoms with Crippen molar-refractivity contribution in [1.29, 1.82) is 0 Å². The summed E-state index contributed by atoms with van der Waals surface area (Å²) in [7, 11) is 1.65. The van der Waals surface area contributed by atoms with E-state index < -0.39 is 0 Å². The number of hydrogen-bond donors (Lipinski definition) is 1. The maximum Gasteiger partial charge on any atom is 0.193 e. The molecule has 0 amide bonds. The summed E-state index contributed by atoms with van der Waals surface area (Å²) in [5.74, 6) is 1.39. The number of rotatable bonds is 3. The van der Waals surface area contributed by atoms with Gasteiger partial charge in [-0.05, 0) is 55.8 Å². The van der Waals surface area contributed by atoms with E-state index in [9.17, 15) is 4.79 Å². The number of nitrogens with zero attached hydrogens (tertiary/aromatic N) is 1. The Labute approximate surface area is 158 Å². The fourth-order valence-electron chi connectivity index (χ4n) is 3.68. The molecule has 27 heavy (non-hydrogen) atoms. The van der Waals surface area contributed by atoms with Crippen LogP contribution in [0.1, 0.15) is 12.5 Å². The summed E-state index contributed by atoms with van der Waals surface area (Å²) in [4.78, 5) is 15.1. The largest absolute Gasteiger partial charge is 0.496 e. The molecule has 1 atom stereocenters. The number of hydrogen-bond acceptors (Lipinski definition) is 5. The number of fused-ring (bicyclic) bond motifs is 1. The Bertz CT molecular complexity index is 1040. The molecule has 2 aromatic carbocycles. The zero-order valence-electron chi connectivity index (χ0n) is 15.9. The van der Waals surface area contributed by atoms with Crippen molar-refractivity contribution in [3.63, 3.8) is 0 Å². The van der Waals surface area contributed by atoms with E-state index in [0.29, 0.717) is 22.8 Å². The van der Waals surface area contributed by atoms with Crippen molar-refractivity contribution in [2.75, 3.05) is 31.6 Å². The average Bonchev–Trinajstić information content (AvgIpc) is 2.67. The Kier molecular flexibility index (Phi) is 4.62. The van der Waals surface area contributed by atoms with Gasteiger partial charge in [0.1, 0.15) is 17.1 Å². The molecule has 2 heterocycles. The number of piperazine rings is 1. The van der Waals surface area contributed by atoms with Crippen molar-refractivity contribution in [3.05, 3.63) is 58.3 Å². The van der Waals surface area contributed by atoms with Crippen LogP contribution in [0.4, 0.5) is 5.69 Å². The van der Waals surface area contributed by atoms with Crippen LogP contribution in [-0.4, -0.2) is 32.8 Å². The molecule has 0 radical (unpaired) electrons. The van der Waals surface area contributed by atoms with E-state index in [0.717, 1.165) is 42.2 Å². The minimum absolute atomic E-state index is 0.0234. The first-order chi connectivity index (χ1) is 13.0. The van der Waals surface area contributed by atoms with Crippen LogP contribution in [0.5, 0.6) is 5.75 Å². The van der Waals surface area contributed by atoms with Crippen LogP contribution in [0, 0.1) is 6.92 Å². The SMILES string of the molecule is COc1ccc(-c2cc(=O)c3cc(N4CCN[C@@H](C)C4)ccc3o2)cc1C. The third-order valence-electron chi connectivity index (χ3n) is 5.12. The monoisotopic (exact) mass is 364 g/mol. The van der Waals surface area contributed by atoms with Crippen LogP contribution < -0.4 is 20.4 Å². The van der Waals surface area contributed by atoms with Crippen molar-refractivity contribution in [1.82, 2.24) is 5.32 Å². The van der Waals surface area contributed by atoms with Crippen LogP contribution in [0.2, 0.25) is 0 Å². The van der Waals surface area contributed by atoms with Crippen molar-refractivity contribution in [3.8, 4) is 17.1 Å². The first-order valence-corrected chi connectivity index (χ1v) is 9.26. The number of nitrogens with one attached hydrogen (secondary N) is 1. The van der Waals surface area contributed by atoms with Gasteiger partial charge in [-0.2, -0.15) is 0 Å². The van der Waals surface area contributed by atoms with E-state index in [1.807, 2.05) is 43.3 Å². The first kappa shape index (κ1) is 17.6. The van der Waals surface area contributed by atoms with Crippen LogP contribution in [-0.2, 0) is 0 Å². The van der Waals surface area contributed by atoms with Crippen molar-refractivity contribution in [2.45, 2.75) is 19.9 Å². The molecule has 3 aromatic rings. The Morgan fingerprint density at radius 2 is 2.04 bits per heavy atom. The number of ether oxygens (including phenoxy) is 1. The Morgan fingerprint density at radius 1 is 1.19 bits per heavy atom. The lowest BCUT2D eigenvalue weighted by atomic mass is 10.1. The molecule has 1 saturated heterocycles. The molecule has 140 valence electrons. The molecular weight excluding hydrogens is 340 g/mol. The summed E-state index contributed by atoms with van der Waals surface area (Å²) >= 11 is 0. The van der Waals surface area contributed by atoms with Gasteiger partial charge in [-0.15, -0.1) is 0 Å². The minimum Gasteiger partial charge on any atom is -0.496 e. The zero-order chi connectivity index (χ0) is 19.0. The fraction of sp³-hybridized carbons (Fsp3) is 0.318. The van der Waals surface area contributed by atoms with Crippen LogP contribution in [0.15, 0.2) is 51.7 Å². The summed E-state index contributed by atoms with van der Waals surface area (Å²) in [6.45, 7) is 6.96. The average molecular weight is 364 g/mol. The van der Waals surface area contributed by atoms with Gasteiger partial charge in [0.25, 0.3) is 0 Å². The third-order valence-corrected chi connectivity index (χ3v) is 5.12. The Balaban J connectivity index is 1.73. The van der Waals surface area contributed by atoms with Gasteiger partial charge < -0.3 is 19.4 Å². The maximum atomic E-state index is 12.8. The standard InChI is InChI=1S/C22H24N2O3/c1-14-10-16(4-6-20(14)26-3)22-12-19(25)18-11-17(5-7-21(18)27-22)24-9-8-23-15(2)13-24/h4-7,10-12,15,23H,8-9,13H2,1-3H3/t15-/m0/s1. The molecule has 1 aromatic heterocycles. The zero-order valence-corrected chi connectivity index (χ0v) is 15.9. The number of benzene rings is 2. The topological polar surface area (TPSA) is 54.7 Å². The second-order valence-corrected chi connectivity index (χ2v) is 7.14. The van der Waals surface area contributed by atoms with Crippen LogP contribution in [0.3, 0.4) is 0 Å². The van der Waals surface area contributed by atoms with Crippen LogP contribution >= 0.6 is 0 Å². The second kappa shape index (κ2) is 7.08. The molecule has 0 saturated carbocycles. The maximum absolute atomic E-state index is 12.8. The summed E-state index contributed by atoms with van der Waals surface area (Å²) < 4.78 is 11.4. The smallest absolute Gasteiger partial charge is 0.193 e. The van der Waals surface area contributed by atoms with Gasteiger partial charge in [-0.1, -0.05) is 0 Å². The fourth-order valence-corrected chi connectivity index (χ4v) is 3.68. The van der Waals surface area contributed by atoms with Gasteiger partial charge in [-0.3, -0.25) is 4.79 Å². The highest BCUT2D eigenvalue weighted by atomic mass is 16.5. The van der Waals surface area contributed by atoms with Crippen molar-refractivity contribution < 1.29 is 9.15 Å². The minimum atomic E-state index is -0.0234. The second-order valence-electron chi connectivity index (χ2n) is 7.14. The van der Waals surface area contributed by atoms with Crippen LogP contribution in [0.25, 0.3) is 22.3 Å². The highest BCUT2D eigenvalue weighted by Gasteiger charge is 2.17. The molecule has 1 fully saturated rings. The highest BCUT2D eigenvalue weighted by molar-refractivity contribution is 5.82. The lowest BCUT2D eigenvalue weighted by Gasteiger charge is -2.33. The molecule has 1 aliphatic heterocycles. The normalized spacial score (nSPS) is 17.3. The van der Waals surface area contributed by atoms with Crippen molar-refractivity contribution >= 4 is 16.7 Å². The number of methoxy groups -OCH3 is 1. The highest BCUT2D eigenvalue weighted by Crippen LogP contribution is 2.28. The van der Waals surface area contributed by atoms with E-state index in [1.54, 1.807) is 13.2 Å². The molecule has 5 nitrogen and oxygen atoms in total. The number of aryl methyl sites for hydroxylation is 1. The van der Waals surface area contributed by atoms with Gasteiger partial charge in [-0.25, -0.2) is 0 Å². The summed E-state index contributed by atoms with van der Waals surface area (Å²) in [6, 6.07) is 13.7. The summed E-state index contributed by atoms with van der Waals surface area (Å²) in [5.41, 5.74) is 3.52. The lowest BCUT2D eigenvalue weighted by molar-refractivity contribution is 0.411. The number of anilines is 1. The third kappa shape index (κ3) is 3.43. The molecule has 4 rings (SSSR count). The van der Waals surface area contributed by atoms with Crippen molar-refractivity contribution in [2.24, 2.45) is 0 Å². The van der Waals surface area contributed by atoms with Gasteiger partial charge in [0.15, 0.2) is 5.43 Å². The predicted molar refractivity (Wildman–Crippen MR) is 109 cm³/mol. The molecule has 0 spiro atoms. The Hall–Kier alpha value is -2.79.